The fraction of sp³-hybridized carbons (Fsp3) is 0.667. The molecule has 1 aliphatic rings. The Labute approximate surface area is 170 Å². The van der Waals surface area contributed by atoms with Crippen molar-refractivity contribution in [3.63, 3.8) is 0 Å². The van der Waals surface area contributed by atoms with Crippen molar-refractivity contribution in [3.05, 3.63) is 23.8 Å². The summed E-state index contributed by atoms with van der Waals surface area (Å²) in [6.07, 6.45) is 3.80. The average Bonchev–Trinajstić information content (AvgIpc) is 2.67. The molecule has 1 heterocycles. The Balaban J connectivity index is 0.00000364. The van der Waals surface area contributed by atoms with Crippen LogP contribution >= 0.6 is 12.4 Å². The van der Waals surface area contributed by atoms with Gasteiger partial charge in [0.2, 0.25) is 5.91 Å². The van der Waals surface area contributed by atoms with Crippen molar-refractivity contribution in [2.24, 2.45) is 5.92 Å². The molecule has 1 N–H and O–H groups in total. The van der Waals surface area contributed by atoms with E-state index < -0.39 is 0 Å². The highest BCUT2D eigenvalue weighted by molar-refractivity contribution is 5.85. The molecule has 6 heteroatoms. The Hall–Kier alpha value is -1.46. The minimum Gasteiger partial charge on any atom is -0.490 e. The van der Waals surface area contributed by atoms with E-state index in [-0.39, 0.29) is 24.2 Å². The molecule has 1 amide bonds. The van der Waals surface area contributed by atoms with Crippen LogP contribution < -0.4 is 14.8 Å². The van der Waals surface area contributed by atoms with E-state index in [0.717, 1.165) is 62.4 Å². The van der Waals surface area contributed by atoms with Crippen LogP contribution in [0, 0.1) is 5.92 Å². The van der Waals surface area contributed by atoms with Gasteiger partial charge in [0.1, 0.15) is 0 Å². The van der Waals surface area contributed by atoms with Gasteiger partial charge < -0.3 is 19.7 Å². The van der Waals surface area contributed by atoms with Gasteiger partial charge in [0.15, 0.2) is 11.5 Å². The summed E-state index contributed by atoms with van der Waals surface area (Å²) in [6, 6.07) is 6.04. The highest BCUT2D eigenvalue weighted by atomic mass is 35.5. The third-order valence-electron chi connectivity index (χ3n) is 4.64. The van der Waals surface area contributed by atoms with Crippen LogP contribution in [0.25, 0.3) is 0 Å². The second kappa shape index (κ2) is 12.8. The largest absolute Gasteiger partial charge is 0.490 e. The van der Waals surface area contributed by atoms with Gasteiger partial charge >= 0.3 is 0 Å². The third kappa shape index (κ3) is 7.23. The number of benzene rings is 1. The van der Waals surface area contributed by atoms with Gasteiger partial charge in [-0.1, -0.05) is 19.9 Å². The quantitative estimate of drug-likeness (QED) is 0.646. The van der Waals surface area contributed by atoms with Crippen molar-refractivity contribution in [2.75, 3.05) is 32.8 Å². The van der Waals surface area contributed by atoms with Crippen molar-refractivity contribution in [2.45, 2.75) is 53.0 Å². The molecule has 0 radical (unpaired) electrons. The first kappa shape index (κ1) is 23.6. The van der Waals surface area contributed by atoms with Gasteiger partial charge in [-0.3, -0.25) is 4.79 Å². The second-order valence-corrected chi connectivity index (χ2v) is 6.85. The van der Waals surface area contributed by atoms with E-state index in [4.69, 9.17) is 9.47 Å². The molecule has 1 aliphatic heterocycles. The number of piperidine rings is 1. The number of ether oxygens (including phenoxy) is 2. The standard InChI is InChI=1S/C21H34N2O3.ClH/c1-4-13-23(21(24)18-9-11-22-12-10-18)16-17-7-8-19(26-14-5-2)20(15-17)25-6-3;/h7-8,15,18,22H,4-6,9-14,16H2,1-3H3;1H. The number of rotatable bonds is 10. The molecular weight excluding hydrogens is 364 g/mol. The smallest absolute Gasteiger partial charge is 0.226 e. The van der Waals surface area contributed by atoms with Gasteiger partial charge in [0.25, 0.3) is 0 Å². The minimum absolute atomic E-state index is 0. The summed E-state index contributed by atoms with van der Waals surface area (Å²) >= 11 is 0. The molecule has 154 valence electrons. The molecule has 1 saturated heterocycles. The Morgan fingerprint density at radius 2 is 1.85 bits per heavy atom. The fourth-order valence-electron chi connectivity index (χ4n) is 3.33. The Kier molecular flexibility index (Phi) is 11.2. The number of amides is 1. The molecule has 0 spiro atoms. The minimum atomic E-state index is 0. The summed E-state index contributed by atoms with van der Waals surface area (Å²) < 4.78 is 11.5. The maximum atomic E-state index is 13.0. The summed E-state index contributed by atoms with van der Waals surface area (Å²) in [5.74, 6) is 1.99. The van der Waals surface area contributed by atoms with E-state index in [9.17, 15) is 4.79 Å². The molecule has 0 aromatic heterocycles. The van der Waals surface area contributed by atoms with E-state index in [2.05, 4.69) is 19.2 Å². The van der Waals surface area contributed by atoms with Crippen molar-refractivity contribution < 1.29 is 14.3 Å². The van der Waals surface area contributed by atoms with E-state index in [1.165, 1.54) is 0 Å². The molecule has 0 bridgehead atoms. The Morgan fingerprint density at radius 3 is 2.48 bits per heavy atom. The molecule has 27 heavy (non-hydrogen) atoms. The first-order chi connectivity index (χ1) is 12.7. The van der Waals surface area contributed by atoms with Gasteiger partial charge in [0, 0.05) is 19.0 Å². The first-order valence-corrected chi connectivity index (χ1v) is 10.1. The summed E-state index contributed by atoms with van der Waals surface area (Å²) in [5.41, 5.74) is 1.09. The zero-order valence-corrected chi connectivity index (χ0v) is 17.8. The molecule has 2 rings (SSSR count). The lowest BCUT2D eigenvalue weighted by atomic mass is 9.96. The van der Waals surface area contributed by atoms with Crippen LogP contribution in [0.1, 0.15) is 52.0 Å². The zero-order valence-electron chi connectivity index (χ0n) is 17.0. The first-order valence-electron chi connectivity index (χ1n) is 10.1. The predicted octanol–water partition coefficient (Wildman–Crippen LogP) is 4.03. The number of carbonyl (C=O) groups is 1. The van der Waals surface area contributed by atoms with Crippen LogP contribution in [0.5, 0.6) is 11.5 Å². The van der Waals surface area contributed by atoms with Crippen LogP contribution in [-0.4, -0.2) is 43.7 Å². The normalized spacial score (nSPS) is 14.3. The van der Waals surface area contributed by atoms with Crippen LogP contribution in [0.4, 0.5) is 0 Å². The number of carbonyl (C=O) groups excluding carboxylic acids is 1. The van der Waals surface area contributed by atoms with Gasteiger partial charge in [-0.2, -0.15) is 0 Å². The van der Waals surface area contributed by atoms with Gasteiger partial charge in [-0.15, -0.1) is 12.4 Å². The highest BCUT2D eigenvalue weighted by Gasteiger charge is 2.25. The van der Waals surface area contributed by atoms with Gasteiger partial charge in [-0.25, -0.2) is 0 Å². The lowest BCUT2D eigenvalue weighted by molar-refractivity contribution is -0.137. The molecule has 5 nitrogen and oxygen atoms in total. The van der Waals surface area contributed by atoms with Crippen LogP contribution in [0.15, 0.2) is 18.2 Å². The van der Waals surface area contributed by atoms with Crippen molar-refractivity contribution in [1.82, 2.24) is 10.2 Å². The van der Waals surface area contributed by atoms with Gasteiger partial charge in [0.05, 0.1) is 13.2 Å². The third-order valence-corrected chi connectivity index (χ3v) is 4.64. The average molecular weight is 399 g/mol. The SMILES string of the molecule is CCCOc1ccc(CN(CCC)C(=O)C2CCNCC2)cc1OCC.Cl. The van der Waals surface area contributed by atoms with E-state index >= 15 is 0 Å². The molecule has 0 aliphatic carbocycles. The topological polar surface area (TPSA) is 50.8 Å². The Bertz CT molecular complexity index is 562. The lowest BCUT2D eigenvalue weighted by Gasteiger charge is -2.29. The van der Waals surface area contributed by atoms with E-state index in [1.54, 1.807) is 0 Å². The number of hydrogen-bond acceptors (Lipinski definition) is 4. The molecule has 0 atom stereocenters. The predicted molar refractivity (Wildman–Crippen MR) is 112 cm³/mol. The van der Waals surface area contributed by atoms with Crippen molar-refractivity contribution >= 4 is 18.3 Å². The number of nitrogens with one attached hydrogen (secondary N) is 1. The molecule has 0 saturated carbocycles. The van der Waals surface area contributed by atoms with Crippen LogP contribution in [-0.2, 0) is 11.3 Å². The van der Waals surface area contributed by atoms with Gasteiger partial charge in [-0.05, 0) is 63.4 Å². The van der Waals surface area contributed by atoms with Crippen LogP contribution in [0.3, 0.4) is 0 Å². The van der Waals surface area contributed by atoms with Crippen LogP contribution in [0.2, 0.25) is 0 Å². The number of halogens is 1. The molecule has 1 aromatic rings. The number of nitrogens with zero attached hydrogens (tertiary/aromatic N) is 1. The summed E-state index contributed by atoms with van der Waals surface area (Å²) in [6.45, 7) is 10.8. The zero-order chi connectivity index (χ0) is 18.8. The van der Waals surface area contributed by atoms with E-state index in [0.29, 0.717) is 19.8 Å². The van der Waals surface area contributed by atoms with Crippen molar-refractivity contribution in [3.8, 4) is 11.5 Å². The fourth-order valence-corrected chi connectivity index (χ4v) is 3.33. The van der Waals surface area contributed by atoms with E-state index in [1.807, 2.05) is 30.0 Å². The maximum absolute atomic E-state index is 13.0. The summed E-state index contributed by atoms with van der Waals surface area (Å²) in [7, 11) is 0. The summed E-state index contributed by atoms with van der Waals surface area (Å²) in [5, 5.41) is 3.33. The summed E-state index contributed by atoms with van der Waals surface area (Å²) in [4.78, 5) is 15.0. The molecular formula is C21H35ClN2O3. The second-order valence-electron chi connectivity index (χ2n) is 6.85. The lowest BCUT2D eigenvalue weighted by Crippen LogP contribution is -2.41. The Morgan fingerprint density at radius 1 is 1.11 bits per heavy atom. The monoisotopic (exact) mass is 398 g/mol. The molecule has 0 unspecified atom stereocenters. The highest BCUT2D eigenvalue weighted by Crippen LogP contribution is 2.29. The molecule has 1 fully saturated rings. The number of hydrogen-bond donors (Lipinski definition) is 1. The van der Waals surface area contributed by atoms with Crippen molar-refractivity contribution in [1.29, 1.82) is 0 Å². The maximum Gasteiger partial charge on any atom is 0.226 e. The molecule has 1 aromatic carbocycles.